The van der Waals surface area contributed by atoms with Crippen LogP contribution in [0.4, 0.5) is 5.82 Å². The predicted octanol–water partition coefficient (Wildman–Crippen LogP) is 3.86. The zero-order valence-electron chi connectivity index (χ0n) is 19.7. The molecule has 1 saturated carbocycles. The van der Waals surface area contributed by atoms with E-state index >= 15 is 0 Å². The van der Waals surface area contributed by atoms with E-state index in [4.69, 9.17) is 16.3 Å². The maximum absolute atomic E-state index is 13.3. The Kier molecular flexibility index (Phi) is 7.00. The number of aromatic nitrogens is 2. The summed E-state index contributed by atoms with van der Waals surface area (Å²) in [6, 6.07) is 8.10. The van der Waals surface area contributed by atoms with Crippen molar-refractivity contribution >= 4 is 29.2 Å². The molecule has 2 aromatic rings. The predicted molar refractivity (Wildman–Crippen MR) is 129 cm³/mol. The molecule has 1 atom stereocenters. The number of rotatable bonds is 9. The van der Waals surface area contributed by atoms with Gasteiger partial charge in [0.25, 0.3) is 5.91 Å². The van der Waals surface area contributed by atoms with Gasteiger partial charge in [-0.25, -0.2) is 0 Å². The van der Waals surface area contributed by atoms with Crippen LogP contribution in [0.25, 0.3) is 0 Å². The van der Waals surface area contributed by atoms with Gasteiger partial charge in [-0.1, -0.05) is 30.7 Å². The highest BCUT2D eigenvalue weighted by molar-refractivity contribution is 6.32. The highest BCUT2D eigenvalue weighted by Gasteiger charge is 2.38. The molecule has 9 heteroatoms. The van der Waals surface area contributed by atoms with E-state index in [1.807, 2.05) is 0 Å². The van der Waals surface area contributed by atoms with Crippen molar-refractivity contribution in [2.45, 2.75) is 58.2 Å². The zero-order chi connectivity index (χ0) is 24.5. The number of para-hydroxylation sites is 1. The molecular formula is C25H31ClN4O4. The second-order valence-electron chi connectivity index (χ2n) is 10.0. The van der Waals surface area contributed by atoms with Gasteiger partial charge in [0.05, 0.1) is 23.7 Å². The summed E-state index contributed by atoms with van der Waals surface area (Å²) < 4.78 is 7.44. The SMILES string of the molecule is CC(C)(O)Cn1ccc(NC(=O)[C@@H](C[C@H]2C[C@H](C)C2)N2CC(Oc3ccccc3Cl)=CC2=O)n1. The smallest absolute Gasteiger partial charge is 0.251 e. The third-order valence-electron chi connectivity index (χ3n) is 6.12. The number of carbonyl (C=O) groups is 2. The van der Waals surface area contributed by atoms with Gasteiger partial charge in [0.1, 0.15) is 17.6 Å². The van der Waals surface area contributed by atoms with E-state index in [2.05, 4.69) is 17.3 Å². The highest BCUT2D eigenvalue weighted by Crippen LogP contribution is 2.38. The van der Waals surface area contributed by atoms with Crippen LogP contribution >= 0.6 is 11.6 Å². The minimum Gasteiger partial charge on any atom is -0.458 e. The lowest BCUT2D eigenvalue weighted by molar-refractivity contribution is -0.134. The Labute approximate surface area is 204 Å². The molecule has 2 aliphatic rings. The second kappa shape index (κ2) is 9.80. The number of benzene rings is 1. The van der Waals surface area contributed by atoms with E-state index in [1.54, 1.807) is 60.0 Å². The largest absolute Gasteiger partial charge is 0.458 e. The van der Waals surface area contributed by atoms with E-state index < -0.39 is 11.6 Å². The summed E-state index contributed by atoms with van der Waals surface area (Å²) in [6.45, 7) is 6.06. The van der Waals surface area contributed by atoms with Gasteiger partial charge in [-0.05, 0) is 57.1 Å². The lowest BCUT2D eigenvalue weighted by Crippen LogP contribution is -2.47. The molecule has 0 spiro atoms. The molecular weight excluding hydrogens is 456 g/mol. The van der Waals surface area contributed by atoms with Gasteiger partial charge in [-0.15, -0.1) is 0 Å². The first-order chi connectivity index (χ1) is 16.1. The number of aliphatic hydroxyl groups is 1. The van der Waals surface area contributed by atoms with Crippen molar-refractivity contribution in [3.63, 3.8) is 0 Å². The Morgan fingerprint density at radius 3 is 2.74 bits per heavy atom. The number of hydrogen-bond acceptors (Lipinski definition) is 5. The van der Waals surface area contributed by atoms with Crippen LogP contribution in [-0.4, -0.2) is 49.8 Å². The van der Waals surface area contributed by atoms with Crippen LogP contribution in [-0.2, 0) is 16.1 Å². The van der Waals surface area contributed by atoms with Crippen molar-refractivity contribution < 1.29 is 19.4 Å². The van der Waals surface area contributed by atoms with Crippen molar-refractivity contribution in [1.29, 1.82) is 0 Å². The van der Waals surface area contributed by atoms with Crippen LogP contribution in [0.15, 0.2) is 48.4 Å². The molecule has 1 fully saturated rings. The number of ether oxygens (including phenoxy) is 1. The summed E-state index contributed by atoms with van der Waals surface area (Å²) in [6.07, 6.45) is 5.80. The van der Waals surface area contributed by atoms with E-state index in [-0.39, 0.29) is 18.4 Å². The van der Waals surface area contributed by atoms with Crippen LogP contribution in [0.5, 0.6) is 5.75 Å². The summed E-state index contributed by atoms with van der Waals surface area (Å²) in [7, 11) is 0. The maximum Gasteiger partial charge on any atom is 0.251 e. The third-order valence-corrected chi connectivity index (χ3v) is 6.43. The van der Waals surface area contributed by atoms with Gasteiger partial charge in [0.2, 0.25) is 5.91 Å². The fourth-order valence-electron chi connectivity index (χ4n) is 4.58. The Morgan fingerprint density at radius 1 is 1.32 bits per heavy atom. The van der Waals surface area contributed by atoms with E-state index in [1.165, 1.54) is 6.08 Å². The first-order valence-electron chi connectivity index (χ1n) is 11.6. The molecule has 2 heterocycles. The zero-order valence-corrected chi connectivity index (χ0v) is 20.5. The lowest BCUT2D eigenvalue weighted by Gasteiger charge is -2.37. The molecule has 0 saturated heterocycles. The normalized spacial score (nSPS) is 21.1. The number of hydrogen-bond donors (Lipinski definition) is 2. The lowest BCUT2D eigenvalue weighted by atomic mass is 9.73. The molecule has 1 aromatic carbocycles. The summed E-state index contributed by atoms with van der Waals surface area (Å²) in [5.41, 5.74) is -0.928. The Hall–Kier alpha value is -2.84. The average Bonchev–Trinajstić information content (AvgIpc) is 3.30. The van der Waals surface area contributed by atoms with Crippen LogP contribution < -0.4 is 10.1 Å². The Morgan fingerprint density at radius 2 is 2.06 bits per heavy atom. The standard InChI is InChI=1S/C25H31ClN4O4/c1-16-10-17(11-16)12-20(24(32)27-22-8-9-29(28-22)15-25(2,3)33)30-14-18(13-23(30)31)34-21-7-5-4-6-19(21)26/h4-9,13,16-17,20,33H,10-12,14-15H2,1-3H3,(H,27,28,32)/t16-,17-,20-/m1/s1. The molecule has 1 aliphatic heterocycles. The quantitative estimate of drug-likeness (QED) is 0.561. The van der Waals surface area contributed by atoms with Crippen LogP contribution in [0.1, 0.15) is 40.0 Å². The first-order valence-corrected chi connectivity index (χ1v) is 12.0. The summed E-state index contributed by atoms with van der Waals surface area (Å²) in [5, 5.41) is 17.7. The Balaban J connectivity index is 1.46. The van der Waals surface area contributed by atoms with E-state index in [9.17, 15) is 14.7 Å². The van der Waals surface area contributed by atoms with Crippen LogP contribution in [0.2, 0.25) is 5.02 Å². The topological polar surface area (TPSA) is 96.7 Å². The molecule has 2 N–H and O–H groups in total. The number of nitrogens with one attached hydrogen (secondary N) is 1. The van der Waals surface area contributed by atoms with Gasteiger partial charge < -0.3 is 20.1 Å². The minimum atomic E-state index is -0.928. The van der Waals surface area contributed by atoms with Crippen molar-refractivity contribution in [2.75, 3.05) is 11.9 Å². The van der Waals surface area contributed by atoms with Crippen molar-refractivity contribution in [3.8, 4) is 5.75 Å². The summed E-state index contributed by atoms with van der Waals surface area (Å²) in [5.74, 6) is 1.78. The van der Waals surface area contributed by atoms with Crippen LogP contribution in [0.3, 0.4) is 0 Å². The molecule has 0 bridgehead atoms. The average molecular weight is 487 g/mol. The number of halogens is 1. The summed E-state index contributed by atoms with van der Waals surface area (Å²) >= 11 is 6.19. The van der Waals surface area contributed by atoms with Gasteiger partial charge in [0.15, 0.2) is 5.82 Å². The monoisotopic (exact) mass is 486 g/mol. The first kappa shape index (κ1) is 24.3. The number of amides is 2. The molecule has 0 unspecified atom stereocenters. The fourth-order valence-corrected chi connectivity index (χ4v) is 4.76. The maximum atomic E-state index is 13.3. The van der Waals surface area contributed by atoms with E-state index in [0.717, 1.165) is 12.8 Å². The molecule has 1 aliphatic carbocycles. The molecule has 34 heavy (non-hydrogen) atoms. The van der Waals surface area contributed by atoms with Gasteiger partial charge in [-0.3, -0.25) is 14.3 Å². The molecule has 4 rings (SSSR count). The molecule has 182 valence electrons. The number of carbonyl (C=O) groups excluding carboxylic acids is 2. The van der Waals surface area contributed by atoms with Gasteiger partial charge in [0, 0.05) is 18.3 Å². The molecule has 1 aromatic heterocycles. The Bertz CT molecular complexity index is 1080. The molecule has 0 radical (unpaired) electrons. The summed E-state index contributed by atoms with van der Waals surface area (Å²) in [4.78, 5) is 27.8. The van der Waals surface area contributed by atoms with Crippen molar-refractivity contribution in [1.82, 2.24) is 14.7 Å². The van der Waals surface area contributed by atoms with Gasteiger partial charge in [-0.2, -0.15) is 5.10 Å². The van der Waals surface area contributed by atoms with Crippen molar-refractivity contribution in [2.24, 2.45) is 11.8 Å². The van der Waals surface area contributed by atoms with Gasteiger partial charge >= 0.3 is 0 Å². The fraction of sp³-hybridized carbons (Fsp3) is 0.480. The minimum absolute atomic E-state index is 0.192. The van der Waals surface area contributed by atoms with E-state index in [0.29, 0.717) is 47.2 Å². The number of nitrogens with zero attached hydrogens (tertiary/aromatic N) is 3. The van der Waals surface area contributed by atoms with Crippen molar-refractivity contribution in [3.05, 3.63) is 53.4 Å². The molecule has 2 amide bonds. The molecule has 8 nitrogen and oxygen atoms in total. The second-order valence-corrected chi connectivity index (χ2v) is 10.4. The third kappa shape index (κ3) is 5.98. The number of anilines is 1. The highest BCUT2D eigenvalue weighted by atomic mass is 35.5. The van der Waals surface area contributed by atoms with Crippen LogP contribution in [0, 0.1) is 11.8 Å².